The van der Waals surface area contributed by atoms with Crippen LogP contribution >= 0.6 is 11.3 Å². The molecule has 0 radical (unpaired) electrons. The van der Waals surface area contributed by atoms with Crippen molar-refractivity contribution in [3.63, 3.8) is 0 Å². The number of aromatic nitrogens is 2. The summed E-state index contributed by atoms with van der Waals surface area (Å²) < 4.78 is 5.41. The molecule has 0 saturated carbocycles. The quantitative estimate of drug-likeness (QED) is 0.750. The summed E-state index contributed by atoms with van der Waals surface area (Å²) in [5.41, 5.74) is 0.960. The molecule has 0 bridgehead atoms. The summed E-state index contributed by atoms with van der Waals surface area (Å²) in [5, 5.41) is 3.31. The molecule has 0 atom stereocenters. The molecule has 0 aliphatic carbocycles. The zero-order valence-corrected chi connectivity index (χ0v) is 13.3. The molecule has 0 fully saturated rings. The van der Waals surface area contributed by atoms with E-state index >= 15 is 0 Å². The van der Waals surface area contributed by atoms with E-state index in [9.17, 15) is 9.59 Å². The Morgan fingerprint density at radius 2 is 2.13 bits per heavy atom. The van der Waals surface area contributed by atoms with Crippen LogP contribution in [-0.2, 0) is 11.3 Å². The van der Waals surface area contributed by atoms with E-state index in [1.165, 1.54) is 17.7 Å². The van der Waals surface area contributed by atoms with E-state index in [2.05, 4.69) is 15.3 Å². The van der Waals surface area contributed by atoms with Crippen molar-refractivity contribution in [1.29, 1.82) is 0 Å². The molecule has 0 spiro atoms. The maximum absolute atomic E-state index is 11.8. The lowest BCUT2D eigenvalue weighted by Crippen LogP contribution is -2.28. The molecular formula is C16H15N3O3S. The number of H-pyrrole nitrogens is 1. The first-order chi connectivity index (χ1) is 11.1. The lowest BCUT2D eigenvalue weighted by molar-refractivity contribution is -0.123. The van der Waals surface area contributed by atoms with Gasteiger partial charge in [0, 0.05) is 4.88 Å². The molecule has 3 aromatic rings. The first kappa shape index (κ1) is 15.2. The second-order valence-electron chi connectivity index (χ2n) is 5.04. The maximum atomic E-state index is 11.8. The minimum absolute atomic E-state index is 0.0488. The number of aromatic amines is 1. The first-order valence-corrected chi connectivity index (χ1v) is 7.86. The van der Waals surface area contributed by atoms with E-state index in [4.69, 9.17) is 4.74 Å². The number of benzene rings is 1. The predicted octanol–water partition coefficient (Wildman–Crippen LogP) is 1.99. The molecule has 23 heavy (non-hydrogen) atoms. The van der Waals surface area contributed by atoms with Crippen molar-refractivity contribution in [2.75, 3.05) is 6.61 Å². The van der Waals surface area contributed by atoms with Crippen molar-refractivity contribution < 1.29 is 9.53 Å². The van der Waals surface area contributed by atoms with Gasteiger partial charge < -0.3 is 15.0 Å². The average Bonchev–Trinajstić information content (AvgIpc) is 2.97. The molecular weight excluding hydrogens is 314 g/mol. The third-order valence-electron chi connectivity index (χ3n) is 3.24. The summed E-state index contributed by atoms with van der Waals surface area (Å²) in [6.07, 6.45) is 1.37. The Kier molecular flexibility index (Phi) is 4.38. The second kappa shape index (κ2) is 6.62. The van der Waals surface area contributed by atoms with Crippen molar-refractivity contribution in [3.8, 4) is 5.75 Å². The topological polar surface area (TPSA) is 84.1 Å². The molecule has 0 aliphatic rings. The maximum Gasteiger partial charge on any atom is 0.259 e. The highest BCUT2D eigenvalue weighted by molar-refractivity contribution is 7.18. The summed E-state index contributed by atoms with van der Waals surface area (Å²) >= 11 is 1.38. The summed E-state index contributed by atoms with van der Waals surface area (Å²) in [6, 6.07) is 9.25. The van der Waals surface area contributed by atoms with Gasteiger partial charge in [-0.1, -0.05) is 17.7 Å². The van der Waals surface area contributed by atoms with E-state index in [1.807, 2.05) is 31.2 Å². The van der Waals surface area contributed by atoms with Gasteiger partial charge >= 0.3 is 0 Å². The molecule has 0 aliphatic heterocycles. The van der Waals surface area contributed by atoms with E-state index in [0.717, 1.165) is 10.4 Å². The van der Waals surface area contributed by atoms with Crippen LogP contribution in [0, 0.1) is 6.92 Å². The minimum atomic E-state index is -0.218. The highest BCUT2D eigenvalue weighted by Crippen LogP contribution is 2.20. The number of amides is 1. The highest BCUT2D eigenvalue weighted by atomic mass is 32.1. The molecule has 2 heterocycles. The van der Waals surface area contributed by atoms with Crippen molar-refractivity contribution in [3.05, 3.63) is 57.5 Å². The Bertz CT molecular complexity index is 883. The Labute approximate surface area is 136 Å². The van der Waals surface area contributed by atoms with Crippen molar-refractivity contribution >= 4 is 27.5 Å². The smallest absolute Gasteiger partial charge is 0.259 e. The molecule has 7 heteroatoms. The number of carbonyl (C=O) groups excluding carboxylic acids is 1. The standard InChI is InChI=1S/C16H15N3O3S/c1-10-2-4-11(5-3-10)22-8-14(20)17-7-12-6-13-15(21)18-9-19-16(13)23-12/h2-6,9H,7-8H2,1H3,(H,17,20)(H,18,19,21). The van der Waals surface area contributed by atoms with Gasteiger partial charge in [0.05, 0.1) is 18.3 Å². The summed E-state index contributed by atoms with van der Waals surface area (Å²) in [7, 11) is 0. The van der Waals surface area contributed by atoms with Crippen LogP contribution in [0.5, 0.6) is 5.75 Å². The molecule has 0 saturated heterocycles. The summed E-state index contributed by atoms with van der Waals surface area (Å²) in [5.74, 6) is 0.438. The zero-order chi connectivity index (χ0) is 16.2. The van der Waals surface area contributed by atoms with Crippen LogP contribution in [0.1, 0.15) is 10.4 Å². The SMILES string of the molecule is Cc1ccc(OCC(=O)NCc2cc3c(=O)[nH]cnc3s2)cc1. The van der Waals surface area contributed by atoms with Gasteiger partial charge in [-0.05, 0) is 25.1 Å². The zero-order valence-electron chi connectivity index (χ0n) is 12.5. The molecule has 2 N–H and O–H groups in total. The molecule has 1 aromatic carbocycles. The van der Waals surface area contributed by atoms with Crippen molar-refractivity contribution in [2.45, 2.75) is 13.5 Å². The van der Waals surface area contributed by atoms with E-state index in [1.54, 1.807) is 6.07 Å². The van der Waals surface area contributed by atoms with Crippen LogP contribution in [0.3, 0.4) is 0 Å². The molecule has 3 rings (SSSR count). The monoisotopic (exact) mass is 329 g/mol. The highest BCUT2D eigenvalue weighted by Gasteiger charge is 2.08. The fourth-order valence-electron chi connectivity index (χ4n) is 2.02. The van der Waals surface area contributed by atoms with Gasteiger partial charge in [0.2, 0.25) is 0 Å². The van der Waals surface area contributed by atoms with Crippen LogP contribution in [-0.4, -0.2) is 22.5 Å². The third-order valence-corrected chi connectivity index (χ3v) is 4.28. The lowest BCUT2D eigenvalue weighted by Gasteiger charge is -2.06. The number of nitrogens with one attached hydrogen (secondary N) is 2. The first-order valence-electron chi connectivity index (χ1n) is 7.04. The number of carbonyl (C=O) groups is 1. The molecule has 2 aromatic heterocycles. The number of fused-ring (bicyclic) bond motifs is 1. The van der Waals surface area contributed by atoms with Gasteiger partial charge in [-0.25, -0.2) is 4.98 Å². The van der Waals surface area contributed by atoms with Crippen LogP contribution in [0.15, 0.2) is 41.5 Å². The van der Waals surface area contributed by atoms with E-state index < -0.39 is 0 Å². The van der Waals surface area contributed by atoms with Crippen LogP contribution in [0.2, 0.25) is 0 Å². The minimum Gasteiger partial charge on any atom is -0.484 e. The third kappa shape index (κ3) is 3.75. The Balaban J connectivity index is 1.54. The second-order valence-corrected chi connectivity index (χ2v) is 6.16. The normalized spacial score (nSPS) is 10.7. The average molecular weight is 329 g/mol. The number of nitrogens with zero attached hydrogens (tertiary/aromatic N) is 1. The number of hydrogen-bond acceptors (Lipinski definition) is 5. The van der Waals surface area contributed by atoms with Crippen LogP contribution < -0.4 is 15.6 Å². The number of hydrogen-bond donors (Lipinski definition) is 2. The van der Waals surface area contributed by atoms with Crippen molar-refractivity contribution in [2.24, 2.45) is 0 Å². The fraction of sp³-hybridized carbons (Fsp3) is 0.188. The van der Waals surface area contributed by atoms with Gasteiger partial charge in [0.1, 0.15) is 10.6 Å². The molecule has 1 amide bonds. The Hall–Kier alpha value is -2.67. The largest absolute Gasteiger partial charge is 0.484 e. The van der Waals surface area contributed by atoms with Gasteiger partial charge in [-0.3, -0.25) is 9.59 Å². The van der Waals surface area contributed by atoms with Gasteiger partial charge in [0.15, 0.2) is 6.61 Å². The van der Waals surface area contributed by atoms with E-state index in [-0.39, 0.29) is 18.1 Å². The molecule has 0 unspecified atom stereocenters. The predicted molar refractivity (Wildman–Crippen MR) is 88.8 cm³/mol. The lowest BCUT2D eigenvalue weighted by atomic mass is 10.2. The molecule has 6 nitrogen and oxygen atoms in total. The fourth-order valence-corrected chi connectivity index (χ4v) is 2.96. The van der Waals surface area contributed by atoms with Gasteiger partial charge in [-0.15, -0.1) is 11.3 Å². The van der Waals surface area contributed by atoms with Gasteiger partial charge in [-0.2, -0.15) is 0 Å². The Morgan fingerprint density at radius 1 is 1.35 bits per heavy atom. The number of rotatable bonds is 5. The van der Waals surface area contributed by atoms with Crippen molar-refractivity contribution in [1.82, 2.24) is 15.3 Å². The Morgan fingerprint density at radius 3 is 2.87 bits per heavy atom. The molecule has 118 valence electrons. The number of ether oxygens (including phenoxy) is 1. The van der Waals surface area contributed by atoms with Crippen LogP contribution in [0.25, 0.3) is 10.2 Å². The van der Waals surface area contributed by atoms with Crippen LogP contribution in [0.4, 0.5) is 0 Å². The summed E-state index contributed by atoms with van der Waals surface area (Å²) in [4.78, 5) is 31.6. The van der Waals surface area contributed by atoms with Gasteiger partial charge in [0.25, 0.3) is 11.5 Å². The number of thiophene rings is 1. The summed E-state index contributed by atoms with van der Waals surface area (Å²) in [6.45, 7) is 2.28. The van der Waals surface area contributed by atoms with E-state index in [0.29, 0.717) is 22.5 Å². The number of aryl methyl sites for hydroxylation is 1.